The van der Waals surface area contributed by atoms with Crippen molar-refractivity contribution >= 4 is 52.5 Å². The zero-order valence-electron chi connectivity index (χ0n) is 18.7. The molecule has 1 heterocycles. The van der Waals surface area contributed by atoms with Crippen molar-refractivity contribution in [2.45, 2.75) is 0 Å². The van der Waals surface area contributed by atoms with Crippen LogP contribution in [0.1, 0.15) is 5.56 Å². The molecule has 176 valence electrons. The zero-order chi connectivity index (χ0) is 24.8. The number of benzene rings is 3. The van der Waals surface area contributed by atoms with Gasteiger partial charge in [0.15, 0.2) is 11.7 Å². The first-order valence-electron chi connectivity index (χ1n) is 10.6. The molecule has 1 aliphatic rings. The molecule has 0 saturated carbocycles. The van der Waals surface area contributed by atoms with Gasteiger partial charge in [0.1, 0.15) is 17.1 Å². The van der Waals surface area contributed by atoms with Crippen LogP contribution in [-0.4, -0.2) is 36.6 Å². The first-order valence-corrected chi connectivity index (χ1v) is 11.0. The van der Waals surface area contributed by atoms with E-state index >= 15 is 0 Å². The van der Waals surface area contributed by atoms with Crippen LogP contribution < -0.4 is 25.0 Å². The van der Waals surface area contributed by atoms with Crippen LogP contribution in [0.3, 0.4) is 0 Å². The quantitative estimate of drug-likeness (QED) is 0.301. The fourth-order valence-corrected chi connectivity index (χ4v) is 3.65. The molecule has 1 aliphatic heterocycles. The summed E-state index contributed by atoms with van der Waals surface area (Å²) in [5, 5.41) is 5.29. The van der Waals surface area contributed by atoms with Gasteiger partial charge in [0.2, 0.25) is 0 Å². The fourth-order valence-electron chi connectivity index (χ4n) is 3.37. The van der Waals surface area contributed by atoms with E-state index in [9.17, 15) is 14.4 Å². The van der Waals surface area contributed by atoms with E-state index in [0.717, 1.165) is 0 Å². The van der Waals surface area contributed by atoms with Gasteiger partial charge in [-0.3, -0.25) is 24.6 Å². The molecular weight excluding hydrogens is 466 g/mol. The second-order valence-corrected chi connectivity index (χ2v) is 7.78. The van der Waals surface area contributed by atoms with Gasteiger partial charge in [-0.1, -0.05) is 36.4 Å². The van der Waals surface area contributed by atoms with E-state index in [-0.39, 0.29) is 23.2 Å². The Labute approximate surface area is 207 Å². The maximum absolute atomic E-state index is 13.2. The highest BCUT2D eigenvalue weighted by Crippen LogP contribution is 2.25. The second-order valence-electron chi connectivity index (χ2n) is 7.40. The van der Waals surface area contributed by atoms with Gasteiger partial charge in [-0.2, -0.15) is 0 Å². The number of amides is 3. The van der Waals surface area contributed by atoms with Gasteiger partial charge in [-0.25, -0.2) is 0 Å². The minimum absolute atomic E-state index is 0.00286. The van der Waals surface area contributed by atoms with Gasteiger partial charge in [0.05, 0.1) is 12.8 Å². The van der Waals surface area contributed by atoms with Crippen molar-refractivity contribution in [1.29, 1.82) is 0 Å². The molecule has 0 aromatic heterocycles. The van der Waals surface area contributed by atoms with Crippen molar-refractivity contribution in [2.24, 2.45) is 0 Å². The Bertz CT molecular complexity index is 1310. The highest BCUT2D eigenvalue weighted by molar-refractivity contribution is 7.80. The number of rotatable bonds is 7. The van der Waals surface area contributed by atoms with E-state index in [1.54, 1.807) is 79.9 Å². The monoisotopic (exact) mass is 487 g/mol. The maximum Gasteiger partial charge on any atom is 0.270 e. The zero-order valence-corrected chi connectivity index (χ0v) is 19.5. The van der Waals surface area contributed by atoms with Gasteiger partial charge in [0.25, 0.3) is 17.7 Å². The number of hydrogen-bond acceptors (Lipinski definition) is 6. The molecule has 0 atom stereocenters. The smallest absolute Gasteiger partial charge is 0.270 e. The van der Waals surface area contributed by atoms with E-state index in [0.29, 0.717) is 28.4 Å². The lowest BCUT2D eigenvalue weighted by atomic mass is 10.1. The van der Waals surface area contributed by atoms with Crippen molar-refractivity contribution in [3.63, 3.8) is 0 Å². The SMILES string of the molecule is COc1ccc(NC(=O)COc2ccccc2/C=C2/C(=O)NC(=S)N(c3ccccc3)C2=O)cc1. The van der Waals surface area contributed by atoms with E-state index in [4.69, 9.17) is 21.7 Å². The van der Waals surface area contributed by atoms with E-state index in [2.05, 4.69) is 10.6 Å². The summed E-state index contributed by atoms with van der Waals surface area (Å²) in [7, 11) is 1.56. The summed E-state index contributed by atoms with van der Waals surface area (Å²) in [4.78, 5) is 39.4. The molecule has 0 aliphatic carbocycles. The molecule has 2 N–H and O–H groups in total. The molecule has 3 amide bonds. The molecule has 9 heteroatoms. The number of ether oxygens (including phenoxy) is 2. The number of carbonyl (C=O) groups is 3. The standard InChI is InChI=1S/C26H21N3O5S/c1-33-20-13-11-18(12-14-20)27-23(30)16-34-22-10-6-5-7-17(22)15-21-24(31)28-26(35)29(25(21)32)19-8-3-2-4-9-19/h2-15H,16H2,1H3,(H,27,30)(H,28,31,35)/b21-15-. The largest absolute Gasteiger partial charge is 0.497 e. The van der Waals surface area contributed by atoms with Gasteiger partial charge in [-0.05, 0) is 60.8 Å². The summed E-state index contributed by atoms with van der Waals surface area (Å²) in [5.41, 5.74) is 1.48. The first-order chi connectivity index (χ1) is 17.0. The van der Waals surface area contributed by atoms with Crippen molar-refractivity contribution in [3.8, 4) is 11.5 Å². The predicted octanol–water partition coefficient (Wildman–Crippen LogP) is 3.54. The number of nitrogens with zero attached hydrogens (tertiary/aromatic N) is 1. The van der Waals surface area contributed by atoms with Gasteiger partial charge in [-0.15, -0.1) is 0 Å². The summed E-state index contributed by atoms with van der Waals surface area (Å²) in [6, 6.07) is 22.5. The summed E-state index contributed by atoms with van der Waals surface area (Å²) < 4.78 is 10.8. The van der Waals surface area contributed by atoms with Crippen molar-refractivity contribution < 1.29 is 23.9 Å². The van der Waals surface area contributed by atoms with Crippen molar-refractivity contribution in [2.75, 3.05) is 23.9 Å². The summed E-state index contributed by atoms with van der Waals surface area (Å²) in [5.74, 6) is -0.528. The number of methoxy groups -OCH3 is 1. The Hall–Kier alpha value is -4.50. The molecule has 0 unspecified atom stereocenters. The van der Waals surface area contributed by atoms with Crippen LogP contribution in [0.15, 0.2) is 84.4 Å². The van der Waals surface area contributed by atoms with Crippen LogP contribution in [0.5, 0.6) is 11.5 Å². The van der Waals surface area contributed by atoms with Gasteiger partial charge in [0, 0.05) is 11.3 Å². The fraction of sp³-hybridized carbons (Fsp3) is 0.0769. The molecule has 4 rings (SSSR count). The average Bonchev–Trinajstić information content (AvgIpc) is 2.87. The molecule has 0 bridgehead atoms. The molecule has 1 saturated heterocycles. The molecule has 3 aromatic carbocycles. The second kappa shape index (κ2) is 10.6. The Morgan fingerprint density at radius 2 is 1.69 bits per heavy atom. The van der Waals surface area contributed by atoms with E-state index < -0.39 is 11.8 Å². The lowest BCUT2D eigenvalue weighted by molar-refractivity contribution is -0.122. The summed E-state index contributed by atoms with van der Waals surface area (Å²) in [6.45, 7) is -0.271. The number of thiocarbonyl (C=S) groups is 1. The van der Waals surface area contributed by atoms with Crippen LogP contribution in [0.25, 0.3) is 6.08 Å². The molecular formula is C26H21N3O5S. The minimum Gasteiger partial charge on any atom is -0.497 e. The van der Waals surface area contributed by atoms with Gasteiger partial charge < -0.3 is 14.8 Å². The highest BCUT2D eigenvalue weighted by Gasteiger charge is 2.34. The number of carbonyl (C=O) groups excluding carboxylic acids is 3. The maximum atomic E-state index is 13.2. The first kappa shape index (κ1) is 23.7. The number of anilines is 2. The van der Waals surface area contributed by atoms with Crippen LogP contribution in [0, 0.1) is 0 Å². The summed E-state index contributed by atoms with van der Waals surface area (Å²) in [6.07, 6.45) is 1.42. The Kier molecular flexibility index (Phi) is 7.18. The topological polar surface area (TPSA) is 97.0 Å². The molecule has 0 spiro atoms. The third-order valence-electron chi connectivity index (χ3n) is 5.07. The van der Waals surface area contributed by atoms with Gasteiger partial charge >= 0.3 is 0 Å². The van der Waals surface area contributed by atoms with Crippen LogP contribution in [-0.2, 0) is 14.4 Å². The normalized spacial score (nSPS) is 14.5. The van der Waals surface area contributed by atoms with E-state index in [1.807, 2.05) is 6.07 Å². The highest BCUT2D eigenvalue weighted by atomic mass is 32.1. The van der Waals surface area contributed by atoms with Crippen LogP contribution in [0.2, 0.25) is 0 Å². The average molecular weight is 488 g/mol. The van der Waals surface area contributed by atoms with E-state index in [1.165, 1.54) is 11.0 Å². The number of nitrogens with one attached hydrogen (secondary N) is 2. The third-order valence-corrected chi connectivity index (χ3v) is 5.35. The predicted molar refractivity (Wildman–Crippen MR) is 136 cm³/mol. The van der Waals surface area contributed by atoms with Crippen LogP contribution >= 0.6 is 12.2 Å². The Morgan fingerprint density at radius 3 is 2.40 bits per heavy atom. The molecule has 3 aromatic rings. The number of para-hydroxylation sites is 2. The molecule has 0 radical (unpaired) electrons. The minimum atomic E-state index is -0.612. The Balaban J connectivity index is 1.51. The summed E-state index contributed by atoms with van der Waals surface area (Å²) >= 11 is 5.21. The molecule has 35 heavy (non-hydrogen) atoms. The van der Waals surface area contributed by atoms with Crippen molar-refractivity contribution in [1.82, 2.24) is 5.32 Å². The third kappa shape index (κ3) is 5.53. The lowest BCUT2D eigenvalue weighted by Gasteiger charge is -2.28. The molecule has 1 fully saturated rings. The van der Waals surface area contributed by atoms with Crippen LogP contribution in [0.4, 0.5) is 11.4 Å². The molecule has 8 nitrogen and oxygen atoms in total. The Morgan fingerprint density at radius 1 is 1.00 bits per heavy atom. The van der Waals surface area contributed by atoms with Crippen molar-refractivity contribution in [3.05, 3.63) is 90.0 Å². The lowest BCUT2D eigenvalue weighted by Crippen LogP contribution is -2.54. The number of hydrogen-bond donors (Lipinski definition) is 2.